The monoisotopic (exact) mass is 272 g/mol. The van der Waals surface area contributed by atoms with Crippen LogP contribution in [0.2, 0.25) is 0 Å². The van der Waals surface area contributed by atoms with E-state index in [1.807, 2.05) is 0 Å². The molecule has 1 aliphatic heterocycles. The van der Waals surface area contributed by atoms with E-state index in [1.54, 1.807) is 0 Å². The van der Waals surface area contributed by atoms with Crippen LogP contribution in [0, 0.1) is 11.8 Å². The first kappa shape index (κ1) is 13.3. The molecule has 2 atom stereocenters. The number of carbonyl (C=O) groups excluding carboxylic acids is 1. The van der Waals surface area contributed by atoms with Gasteiger partial charge in [-0.1, -0.05) is 0 Å². The van der Waals surface area contributed by atoms with Crippen molar-refractivity contribution in [2.24, 2.45) is 0 Å². The summed E-state index contributed by atoms with van der Waals surface area (Å²) in [5.41, 5.74) is -0.604. The van der Waals surface area contributed by atoms with E-state index in [1.165, 1.54) is 0 Å². The number of pyridine rings is 1. The molecule has 2 rings (SSSR count). The lowest BCUT2D eigenvalue weighted by Crippen LogP contribution is -2.41. The molecular weight excluding hydrogens is 262 g/mol. The Morgan fingerprint density at radius 2 is 2.11 bits per heavy atom. The Kier molecular flexibility index (Phi) is 3.43. The van der Waals surface area contributed by atoms with Crippen LogP contribution in [-0.4, -0.2) is 50.7 Å². The van der Waals surface area contributed by atoms with Crippen LogP contribution >= 0.6 is 0 Å². The minimum Gasteiger partial charge on any atom is -0.480 e. The standard InChI is InChI=1S/C11H10F2N2O4/c12-8-6(1-2-14-9(8)13)10(17)15-4-5(16)3-7(15)11(18)19/h1-2,5,7,16H,3-4H2,(H,18,19)/t5-,7-/m0/s1. The first-order valence-electron chi connectivity index (χ1n) is 5.43. The van der Waals surface area contributed by atoms with Crippen LogP contribution in [-0.2, 0) is 4.79 Å². The second-order valence-corrected chi connectivity index (χ2v) is 4.16. The fourth-order valence-corrected chi connectivity index (χ4v) is 2.01. The highest BCUT2D eigenvalue weighted by Gasteiger charge is 2.40. The van der Waals surface area contributed by atoms with Crippen molar-refractivity contribution >= 4 is 11.9 Å². The number of rotatable bonds is 2. The first-order valence-corrected chi connectivity index (χ1v) is 5.43. The van der Waals surface area contributed by atoms with Crippen LogP contribution in [0.15, 0.2) is 12.3 Å². The molecule has 0 unspecified atom stereocenters. The Morgan fingerprint density at radius 1 is 1.42 bits per heavy atom. The number of aliphatic hydroxyl groups is 1. The number of halogens is 2. The molecule has 0 aromatic carbocycles. The Morgan fingerprint density at radius 3 is 2.74 bits per heavy atom. The summed E-state index contributed by atoms with van der Waals surface area (Å²) < 4.78 is 26.4. The van der Waals surface area contributed by atoms with Crippen molar-refractivity contribution in [3.8, 4) is 0 Å². The molecule has 1 fully saturated rings. The molecule has 1 aliphatic rings. The number of amides is 1. The normalized spacial score (nSPS) is 22.6. The predicted molar refractivity (Wildman–Crippen MR) is 57.2 cm³/mol. The third-order valence-corrected chi connectivity index (χ3v) is 2.90. The van der Waals surface area contributed by atoms with Gasteiger partial charge >= 0.3 is 5.97 Å². The van der Waals surface area contributed by atoms with E-state index in [2.05, 4.69) is 4.98 Å². The molecule has 8 heteroatoms. The van der Waals surface area contributed by atoms with Gasteiger partial charge in [-0.2, -0.15) is 4.39 Å². The van der Waals surface area contributed by atoms with E-state index in [0.717, 1.165) is 17.2 Å². The van der Waals surface area contributed by atoms with E-state index in [9.17, 15) is 23.5 Å². The predicted octanol–water partition coefficient (Wildman–Crippen LogP) is 0.0198. The van der Waals surface area contributed by atoms with Crippen molar-refractivity contribution in [3.05, 3.63) is 29.6 Å². The molecule has 19 heavy (non-hydrogen) atoms. The average Bonchev–Trinajstić information content (AvgIpc) is 2.74. The van der Waals surface area contributed by atoms with Gasteiger partial charge in [0.25, 0.3) is 5.91 Å². The molecule has 0 saturated carbocycles. The van der Waals surface area contributed by atoms with Crippen molar-refractivity contribution in [2.75, 3.05) is 6.54 Å². The Labute approximate surface area is 106 Å². The van der Waals surface area contributed by atoms with E-state index in [4.69, 9.17) is 5.11 Å². The molecule has 1 aromatic rings. The number of likely N-dealkylation sites (tertiary alicyclic amines) is 1. The van der Waals surface area contributed by atoms with E-state index in [0.29, 0.717) is 0 Å². The highest BCUT2D eigenvalue weighted by Crippen LogP contribution is 2.22. The second-order valence-electron chi connectivity index (χ2n) is 4.16. The molecule has 1 aromatic heterocycles. The number of carboxylic acids is 1. The summed E-state index contributed by atoms with van der Waals surface area (Å²) in [6.07, 6.45) is -0.232. The average molecular weight is 272 g/mol. The van der Waals surface area contributed by atoms with E-state index >= 15 is 0 Å². The topological polar surface area (TPSA) is 90.7 Å². The molecule has 2 N–H and O–H groups in total. The van der Waals surface area contributed by atoms with Gasteiger partial charge < -0.3 is 15.1 Å². The van der Waals surface area contributed by atoms with Crippen LogP contribution in [0.5, 0.6) is 0 Å². The Bertz CT molecular complexity index is 537. The molecule has 102 valence electrons. The Hall–Kier alpha value is -2.09. The van der Waals surface area contributed by atoms with Crippen LogP contribution in [0.25, 0.3) is 0 Å². The van der Waals surface area contributed by atoms with Gasteiger partial charge in [0.2, 0.25) is 5.95 Å². The lowest BCUT2D eigenvalue weighted by atomic mass is 10.2. The summed E-state index contributed by atoms with van der Waals surface area (Å²) >= 11 is 0. The molecule has 0 aliphatic carbocycles. The summed E-state index contributed by atoms with van der Waals surface area (Å²) in [6, 6.07) is -0.289. The van der Waals surface area contributed by atoms with Gasteiger partial charge in [-0.25, -0.2) is 14.2 Å². The highest BCUT2D eigenvalue weighted by molar-refractivity contribution is 5.97. The number of hydrogen-bond donors (Lipinski definition) is 2. The van der Waals surface area contributed by atoms with Gasteiger partial charge in [-0.3, -0.25) is 4.79 Å². The number of carboxylic acid groups (broad SMARTS) is 1. The number of β-amino-alcohol motifs (C(OH)–C–C–N with tert-alkyl or cyclic N) is 1. The number of hydrogen-bond acceptors (Lipinski definition) is 4. The van der Waals surface area contributed by atoms with Crippen LogP contribution in [0.4, 0.5) is 8.78 Å². The third-order valence-electron chi connectivity index (χ3n) is 2.90. The molecule has 0 radical (unpaired) electrons. The number of nitrogens with zero attached hydrogens (tertiary/aromatic N) is 2. The largest absolute Gasteiger partial charge is 0.480 e. The smallest absolute Gasteiger partial charge is 0.326 e. The Balaban J connectivity index is 2.33. The van der Waals surface area contributed by atoms with Crippen LogP contribution in [0.3, 0.4) is 0 Å². The zero-order valence-corrected chi connectivity index (χ0v) is 9.58. The summed E-state index contributed by atoms with van der Waals surface area (Å²) in [5, 5.41) is 18.3. The van der Waals surface area contributed by atoms with Gasteiger partial charge in [0, 0.05) is 19.2 Å². The minimum absolute atomic E-state index is 0.143. The lowest BCUT2D eigenvalue weighted by Gasteiger charge is -2.21. The maximum atomic E-state index is 13.4. The molecular formula is C11H10F2N2O4. The summed E-state index contributed by atoms with van der Waals surface area (Å²) in [6.45, 7) is -0.237. The number of aliphatic carboxylic acids is 1. The number of carbonyl (C=O) groups is 2. The minimum atomic E-state index is -1.43. The van der Waals surface area contributed by atoms with Crippen molar-refractivity contribution in [2.45, 2.75) is 18.6 Å². The molecule has 1 amide bonds. The van der Waals surface area contributed by atoms with Gasteiger partial charge in [-0.05, 0) is 6.07 Å². The van der Waals surface area contributed by atoms with Crippen molar-refractivity contribution in [3.63, 3.8) is 0 Å². The van der Waals surface area contributed by atoms with Crippen LogP contribution < -0.4 is 0 Å². The van der Waals surface area contributed by atoms with E-state index < -0.39 is 41.4 Å². The van der Waals surface area contributed by atoms with Crippen molar-refractivity contribution in [1.82, 2.24) is 9.88 Å². The fraction of sp³-hybridized carbons (Fsp3) is 0.364. The molecule has 0 bridgehead atoms. The quantitative estimate of drug-likeness (QED) is 0.741. The second kappa shape index (κ2) is 4.88. The third kappa shape index (κ3) is 2.39. The van der Waals surface area contributed by atoms with E-state index in [-0.39, 0.29) is 13.0 Å². The van der Waals surface area contributed by atoms with Gasteiger partial charge in [0.05, 0.1) is 11.7 Å². The van der Waals surface area contributed by atoms with Gasteiger partial charge in [0.1, 0.15) is 6.04 Å². The fourth-order valence-electron chi connectivity index (χ4n) is 2.01. The lowest BCUT2D eigenvalue weighted by molar-refractivity contribution is -0.141. The number of aliphatic hydroxyl groups excluding tert-OH is 1. The van der Waals surface area contributed by atoms with Crippen molar-refractivity contribution in [1.29, 1.82) is 0 Å². The summed E-state index contributed by atoms with van der Waals surface area (Å²) in [4.78, 5) is 26.8. The highest BCUT2D eigenvalue weighted by atomic mass is 19.2. The summed E-state index contributed by atoms with van der Waals surface area (Å²) in [5.74, 6) is -5.15. The maximum absolute atomic E-state index is 13.4. The molecule has 6 nitrogen and oxygen atoms in total. The first-order chi connectivity index (χ1) is 8.91. The number of aromatic nitrogens is 1. The molecule has 2 heterocycles. The maximum Gasteiger partial charge on any atom is 0.326 e. The summed E-state index contributed by atoms with van der Waals surface area (Å²) in [7, 11) is 0. The molecule has 0 spiro atoms. The van der Waals surface area contributed by atoms with Crippen LogP contribution in [0.1, 0.15) is 16.8 Å². The zero-order chi connectivity index (χ0) is 14.2. The van der Waals surface area contributed by atoms with Gasteiger partial charge in [-0.15, -0.1) is 0 Å². The SMILES string of the molecule is O=C(O)[C@@H]1C[C@H](O)CN1C(=O)c1ccnc(F)c1F. The molecule has 1 saturated heterocycles. The zero-order valence-electron chi connectivity index (χ0n) is 9.58. The van der Waals surface area contributed by atoms with Crippen molar-refractivity contribution < 1.29 is 28.6 Å². The van der Waals surface area contributed by atoms with Gasteiger partial charge in [0.15, 0.2) is 5.82 Å².